The second-order valence-corrected chi connectivity index (χ2v) is 4.98. The molecule has 1 heterocycles. The number of hydrogen-bond donors (Lipinski definition) is 2. The standard InChI is InChI=1S/C12H12BrFN4O/c1-6-9(3-8(14)4-10(6)13)12(19)17-7(2)11-15-5-16-18-11/h3-5,7H,1-2H3,(H,17,19)(H,15,16,18). The zero-order chi connectivity index (χ0) is 14.0. The van der Waals surface area contributed by atoms with Crippen LogP contribution in [0.2, 0.25) is 0 Å². The van der Waals surface area contributed by atoms with Gasteiger partial charge in [-0.2, -0.15) is 5.10 Å². The summed E-state index contributed by atoms with van der Waals surface area (Å²) in [5.74, 6) is -0.280. The Hall–Kier alpha value is -1.76. The van der Waals surface area contributed by atoms with Gasteiger partial charge in [0, 0.05) is 10.0 Å². The van der Waals surface area contributed by atoms with Crippen LogP contribution in [0, 0.1) is 12.7 Å². The predicted octanol–water partition coefficient (Wildman–Crippen LogP) is 2.51. The molecule has 1 aromatic carbocycles. The maximum atomic E-state index is 13.3. The number of carbonyl (C=O) groups is 1. The maximum absolute atomic E-state index is 13.3. The molecule has 0 spiro atoms. The van der Waals surface area contributed by atoms with Gasteiger partial charge in [-0.05, 0) is 31.5 Å². The van der Waals surface area contributed by atoms with Crippen LogP contribution in [-0.4, -0.2) is 21.1 Å². The first-order valence-corrected chi connectivity index (χ1v) is 6.40. The maximum Gasteiger partial charge on any atom is 0.252 e. The van der Waals surface area contributed by atoms with E-state index < -0.39 is 5.82 Å². The van der Waals surface area contributed by atoms with Gasteiger partial charge in [-0.3, -0.25) is 9.89 Å². The molecule has 2 aromatic rings. The zero-order valence-electron chi connectivity index (χ0n) is 10.4. The van der Waals surface area contributed by atoms with Crippen LogP contribution in [0.15, 0.2) is 22.9 Å². The van der Waals surface area contributed by atoms with Gasteiger partial charge < -0.3 is 5.32 Å². The highest BCUT2D eigenvalue weighted by molar-refractivity contribution is 9.10. The van der Waals surface area contributed by atoms with Crippen molar-refractivity contribution >= 4 is 21.8 Å². The highest BCUT2D eigenvalue weighted by Crippen LogP contribution is 2.22. The van der Waals surface area contributed by atoms with Gasteiger partial charge >= 0.3 is 0 Å². The largest absolute Gasteiger partial charge is 0.342 e. The summed E-state index contributed by atoms with van der Waals surface area (Å²) in [7, 11) is 0. The van der Waals surface area contributed by atoms with E-state index in [9.17, 15) is 9.18 Å². The number of nitrogens with one attached hydrogen (secondary N) is 2. The number of rotatable bonds is 3. The summed E-state index contributed by atoms with van der Waals surface area (Å²) in [4.78, 5) is 16.1. The minimum Gasteiger partial charge on any atom is -0.342 e. The second-order valence-electron chi connectivity index (χ2n) is 4.13. The second kappa shape index (κ2) is 5.48. The van der Waals surface area contributed by atoms with Crippen molar-refractivity contribution in [2.75, 3.05) is 0 Å². The molecular formula is C12H12BrFN4O. The molecule has 5 nitrogen and oxygen atoms in total. The Bertz CT molecular complexity index is 600. The Morgan fingerprint density at radius 2 is 2.26 bits per heavy atom. The van der Waals surface area contributed by atoms with E-state index in [0.29, 0.717) is 21.4 Å². The van der Waals surface area contributed by atoms with E-state index >= 15 is 0 Å². The summed E-state index contributed by atoms with van der Waals surface area (Å²) in [6.07, 6.45) is 1.36. The summed E-state index contributed by atoms with van der Waals surface area (Å²) in [5, 5.41) is 9.12. The molecule has 0 aliphatic heterocycles. The molecule has 1 atom stereocenters. The fourth-order valence-electron chi connectivity index (χ4n) is 1.65. The fourth-order valence-corrected chi connectivity index (χ4v) is 2.08. The van der Waals surface area contributed by atoms with E-state index in [1.807, 2.05) is 0 Å². The highest BCUT2D eigenvalue weighted by Gasteiger charge is 2.17. The van der Waals surface area contributed by atoms with E-state index in [2.05, 4.69) is 36.4 Å². The minimum absolute atomic E-state index is 0.290. The molecule has 7 heteroatoms. The lowest BCUT2D eigenvalue weighted by Gasteiger charge is -2.13. The Kier molecular flexibility index (Phi) is 3.94. The molecule has 1 aromatic heterocycles. The number of amides is 1. The zero-order valence-corrected chi connectivity index (χ0v) is 12.0. The van der Waals surface area contributed by atoms with Gasteiger partial charge in [-0.25, -0.2) is 9.37 Å². The van der Waals surface area contributed by atoms with Crippen LogP contribution in [0.3, 0.4) is 0 Å². The molecule has 1 amide bonds. The van der Waals surface area contributed by atoms with Gasteiger partial charge in [0.05, 0.1) is 6.04 Å². The molecule has 0 saturated carbocycles. The van der Waals surface area contributed by atoms with E-state index in [1.54, 1.807) is 13.8 Å². The Morgan fingerprint density at radius 1 is 1.53 bits per heavy atom. The number of carbonyl (C=O) groups excluding carboxylic acids is 1. The number of benzene rings is 1. The fraction of sp³-hybridized carbons (Fsp3) is 0.250. The van der Waals surface area contributed by atoms with Crippen molar-refractivity contribution in [2.24, 2.45) is 0 Å². The number of hydrogen-bond acceptors (Lipinski definition) is 3. The van der Waals surface area contributed by atoms with E-state index in [0.717, 1.165) is 0 Å². The number of H-pyrrole nitrogens is 1. The molecule has 2 rings (SSSR count). The van der Waals surface area contributed by atoms with E-state index in [1.165, 1.54) is 18.5 Å². The number of aromatic amines is 1. The SMILES string of the molecule is Cc1c(Br)cc(F)cc1C(=O)NC(C)c1ncn[nH]1. The van der Waals surface area contributed by atoms with Gasteiger partial charge in [0.15, 0.2) is 0 Å². The van der Waals surface area contributed by atoms with Crippen LogP contribution in [0.4, 0.5) is 4.39 Å². The summed E-state index contributed by atoms with van der Waals surface area (Å²) in [6.45, 7) is 3.51. The average molecular weight is 327 g/mol. The van der Waals surface area contributed by atoms with Crippen LogP contribution in [-0.2, 0) is 0 Å². The van der Waals surface area contributed by atoms with Crippen molar-refractivity contribution in [3.63, 3.8) is 0 Å². The smallest absolute Gasteiger partial charge is 0.252 e. The van der Waals surface area contributed by atoms with Gasteiger partial charge in [-0.15, -0.1) is 0 Å². The predicted molar refractivity (Wildman–Crippen MR) is 71.1 cm³/mol. The molecule has 0 aliphatic carbocycles. The molecule has 2 N–H and O–H groups in total. The lowest BCUT2D eigenvalue weighted by Crippen LogP contribution is -2.28. The van der Waals surface area contributed by atoms with Crippen LogP contribution >= 0.6 is 15.9 Å². The Balaban J connectivity index is 2.21. The highest BCUT2D eigenvalue weighted by atomic mass is 79.9. The summed E-state index contributed by atoms with van der Waals surface area (Å²) in [6, 6.07) is 2.20. The van der Waals surface area contributed by atoms with Crippen LogP contribution in [0.5, 0.6) is 0 Å². The molecular weight excluding hydrogens is 315 g/mol. The minimum atomic E-state index is -0.463. The van der Waals surface area contributed by atoms with Crippen molar-refractivity contribution in [1.29, 1.82) is 0 Å². The lowest BCUT2D eigenvalue weighted by atomic mass is 10.1. The van der Waals surface area contributed by atoms with E-state index in [-0.39, 0.29) is 11.9 Å². The first kappa shape index (κ1) is 13.7. The van der Waals surface area contributed by atoms with Gasteiger partial charge in [0.2, 0.25) is 0 Å². The van der Waals surface area contributed by atoms with Crippen molar-refractivity contribution in [3.05, 3.63) is 45.7 Å². The third kappa shape index (κ3) is 2.98. The van der Waals surface area contributed by atoms with Crippen LogP contribution < -0.4 is 5.32 Å². The molecule has 100 valence electrons. The topological polar surface area (TPSA) is 70.7 Å². The summed E-state index contributed by atoms with van der Waals surface area (Å²) < 4.78 is 13.9. The molecule has 19 heavy (non-hydrogen) atoms. The Labute approximate surface area is 117 Å². The van der Waals surface area contributed by atoms with Crippen molar-refractivity contribution in [3.8, 4) is 0 Å². The van der Waals surface area contributed by atoms with Crippen molar-refractivity contribution < 1.29 is 9.18 Å². The average Bonchev–Trinajstić information content (AvgIpc) is 2.87. The molecule has 0 aliphatic rings. The number of nitrogens with zero attached hydrogens (tertiary/aromatic N) is 2. The van der Waals surface area contributed by atoms with Crippen molar-refractivity contribution in [1.82, 2.24) is 20.5 Å². The summed E-state index contributed by atoms with van der Waals surface area (Å²) >= 11 is 3.22. The quantitative estimate of drug-likeness (QED) is 0.910. The van der Waals surface area contributed by atoms with Gasteiger partial charge in [0.25, 0.3) is 5.91 Å². The lowest BCUT2D eigenvalue weighted by molar-refractivity contribution is 0.0937. The van der Waals surface area contributed by atoms with Crippen molar-refractivity contribution in [2.45, 2.75) is 19.9 Å². The monoisotopic (exact) mass is 326 g/mol. The molecule has 1 unspecified atom stereocenters. The van der Waals surface area contributed by atoms with Gasteiger partial charge in [0.1, 0.15) is 18.0 Å². The third-order valence-corrected chi connectivity index (χ3v) is 3.57. The molecule has 0 fully saturated rings. The molecule has 0 bridgehead atoms. The third-order valence-electron chi connectivity index (χ3n) is 2.75. The normalized spacial score (nSPS) is 12.2. The first-order chi connectivity index (χ1) is 8.99. The number of halogens is 2. The molecule has 0 saturated heterocycles. The first-order valence-electron chi connectivity index (χ1n) is 5.61. The Morgan fingerprint density at radius 3 is 2.89 bits per heavy atom. The van der Waals surface area contributed by atoms with Gasteiger partial charge in [-0.1, -0.05) is 15.9 Å². The summed E-state index contributed by atoms with van der Waals surface area (Å²) in [5.41, 5.74) is 0.974. The van der Waals surface area contributed by atoms with E-state index in [4.69, 9.17) is 0 Å². The van der Waals surface area contributed by atoms with Crippen LogP contribution in [0.1, 0.15) is 34.7 Å². The number of aromatic nitrogens is 3. The van der Waals surface area contributed by atoms with Crippen LogP contribution in [0.25, 0.3) is 0 Å². The molecule has 0 radical (unpaired) electrons.